The lowest BCUT2D eigenvalue weighted by Gasteiger charge is -2.29. The lowest BCUT2D eigenvalue weighted by molar-refractivity contribution is 1.29. The van der Waals surface area contributed by atoms with Crippen LogP contribution in [0, 0.1) is 0 Å². The molecule has 2 heterocycles. The summed E-state index contributed by atoms with van der Waals surface area (Å²) in [6.45, 7) is 10.0. The Kier molecular flexibility index (Phi) is 7.17. The first-order valence-electron chi connectivity index (χ1n) is 18.8. The van der Waals surface area contributed by atoms with Gasteiger partial charge in [0.05, 0.1) is 5.69 Å². The van der Waals surface area contributed by atoms with Gasteiger partial charge in [-0.15, -0.1) is 0 Å². The molecule has 0 radical (unpaired) electrons. The van der Waals surface area contributed by atoms with Crippen molar-refractivity contribution in [1.29, 1.82) is 0 Å². The Morgan fingerprint density at radius 1 is 0.340 bits per heavy atom. The maximum atomic E-state index is 2.50. The van der Waals surface area contributed by atoms with Gasteiger partial charge in [0.2, 0.25) is 0 Å². The Hall–Kier alpha value is -5.75. The van der Waals surface area contributed by atoms with Gasteiger partial charge in [0.25, 0.3) is 0 Å². The van der Waals surface area contributed by atoms with E-state index in [1.807, 2.05) is 0 Å². The van der Waals surface area contributed by atoms with E-state index in [-0.39, 0.29) is 0 Å². The second-order valence-corrected chi connectivity index (χ2v) is 24.5. The van der Waals surface area contributed by atoms with Crippen LogP contribution in [-0.4, -0.2) is 16.1 Å². The number of fused-ring (bicyclic) bond motifs is 7. The molecule has 0 saturated carbocycles. The molecule has 0 aliphatic carbocycles. The van der Waals surface area contributed by atoms with Crippen molar-refractivity contribution >= 4 is 64.7 Å². The van der Waals surface area contributed by atoms with Crippen molar-refractivity contribution < 1.29 is 0 Å². The van der Waals surface area contributed by atoms with Crippen molar-refractivity contribution in [3.63, 3.8) is 0 Å². The molecule has 0 N–H and O–H groups in total. The molecule has 0 bridgehead atoms. The Labute approximate surface area is 314 Å². The van der Waals surface area contributed by atoms with E-state index in [1.54, 1.807) is 5.19 Å². The molecule has 10 rings (SSSR count). The number of hydrogen-bond acceptors (Lipinski definition) is 1. The molecule has 2 aliphatic heterocycles. The molecule has 8 aromatic carbocycles. The monoisotopic (exact) mass is 711 g/mol. The third-order valence-corrected chi connectivity index (χ3v) is 19.1. The first-order valence-corrected chi connectivity index (χ1v) is 24.8. The van der Waals surface area contributed by atoms with Gasteiger partial charge in [-0.25, -0.2) is 0 Å². The maximum Gasteiger partial charge on any atom is 0.113 e. The molecule has 0 saturated heterocycles. The van der Waals surface area contributed by atoms with Crippen LogP contribution in [0.3, 0.4) is 0 Å². The van der Waals surface area contributed by atoms with E-state index >= 15 is 0 Å². The molecule has 1 nitrogen and oxygen atoms in total. The van der Waals surface area contributed by atoms with Gasteiger partial charge in [-0.05, 0) is 107 Å². The van der Waals surface area contributed by atoms with Crippen LogP contribution in [0.5, 0.6) is 0 Å². The van der Waals surface area contributed by atoms with Gasteiger partial charge >= 0.3 is 0 Å². The summed E-state index contributed by atoms with van der Waals surface area (Å²) in [5.74, 6) is 0. The summed E-state index contributed by atoms with van der Waals surface area (Å²) in [6, 6.07) is 66.1. The average molecular weight is 712 g/mol. The van der Waals surface area contributed by atoms with Crippen LogP contribution in [0.4, 0.5) is 17.1 Å². The van der Waals surface area contributed by atoms with Gasteiger partial charge in [-0.3, -0.25) is 0 Å². The first kappa shape index (κ1) is 31.9. The Morgan fingerprint density at radius 2 is 0.906 bits per heavy atom. The van der Waals surface area contributed by atoms with Gasteiger partial charge < -0.3 is 4.90 Å². The molecule has 0 spiro atoms. The van der Waals surface area contributed by atoms with Crippen LogP contribution in [0.15, 0.2) is 176 Å². The SMILES string of the molecule is C[Si]1(C)c2ccccc2-c2ccc(-c3cccc(N(c4ccc(-c5ccc6ccccc6c5)cc4)c4cccc5c4-c4ccccc4[Si]5(C)C)c3)cc21. The molecule has 0 amide bonds. The first-order chi connectivity index (χ1) is 25.8. The van der Waals surface area contributed by atoms with Crippen molar-refractivity contribution in [2.24, 2.45) is 0 Å². The van der Waals surface area contributed by atoms with Gasteiger partial charge in [-0.2, -0.15) is 0 Å². The predicted molar refractivity (Wildman–Crippen MR) is 234 cm³/mol. The minimum absolute atomic E-state index is 1.15. The Morgan fingerprint density at radius 3 is 1.72 bits per heavy atom. The van der Waals surface area contributed by atoms with E-state index in [4.69, 9.17) is 0 Å². The van der Waals surface area contributed by atoms with Crippen molar-refractivity contribution in [3.05, 3.63) is 176 Å². The van der Waals surface area contributed by atoms with E-state index in [9.17, 15) is 0 Å². The number of benzene rings is 8. The normalized spacial score (nSPS) is 14.3. The highest BCUT2D eigenvalue weighted by Gasteiger charge is 2.40. The zero-order chi connectivity index (χ0) is 35.9. The smallest absolute Gasteiger partial charge is 0.113 e. The van der Waals surface area contributed by atoms with E-state index in [2.05, 4.69) is 207 Å². The summed E-state index contributed by atoms with van der Waals surface area (Å²) >= 11 is 0. The molecule has 8 aromatic rings. The van der Waals surface area contributed by atoms with Crippen LogP contribution < -0.4 is 25.6 Å². The minimum atomic E-state index is -1.87. The van der Waals surface area contributed by atoms with Crippen molar-refractivity contribution in [2.45, 2.75) is 26.2 Å². The average Bonchev–Trinajstić information content (AvgIpc) is 3.58. The predicted octanol–water partition coefficient (Wildman–Crippen LogP) is 11.2. The topological polar surface area (TPSA) is 3.24 Å². The summed E-state index contributed by atoms with van der Waals surface area (Å²) in [6.07, 6.45) is 0. The fourth-order valence-corrected chi connectivity index (χ4v) is 15.4. The summed E-state index contributed by atoms with van der Waals surface area (Å²) in [7, 11) is -3.67. The van der Waals surface area contributed by atoms with E-state index in [1.165, 1.54) is 82.2 Å². The van der Waals surface area contributed by atoms with Gasteiger partial charge in [0.15, 0.2) is 0 Å². The van der Waals surface area contributed by atoms with Crippen LogP contribution in [0.2, 0.25) is 26.2 Å². The maximum absolute atomic E-state index is 2.50. The molecule has 0 unspecified atom stereocenters. The lowest BCUT2D eigenvalue weighted by atomic mass is 9.98. The molecular formula is C50H41NSi2. The van der Waals surface area contributed by atoms with Gasteiger partial charge in [0.1, 0.15) is 16.1 Å². The van der Waals surface area contributed by atoms with Crippen molar-refractivity contribution in [3.8, 4) is 44.5 Å². The lowest BCUT2D eigenvalue weighted by Crippen LogP contribution is -2.49. The summed E-state index contributed by atoms with van der Waals surface area (Å²) < 4.78 is 0. The second-order valence-electron chi connectivity index (χ2n) is 15.8. The van der Waals surface area contributed by atoms with Crippen LogP contribution in [0.25, 0.3) is 55.3 Å². The fraction of sp³-hybridized carbons (Fsp3) is 0.0800. The molecule has 0 fully saturated rings. The Balaban J connectivity index is 1.13. The third kappa shape index (κ3) is 4.95. The van der Waals surface area contributed by atoms with Gasteiger partial charge in [-0.1, -0.05) is 166 Å². The molecule has 0 atom stereocenters. The molecule has 254 valence electrons. The fourth-order valence-electron chi connectivity index (χ4n) is 9.23. The highest BCUT2D eigenvalue weighted by molar-refractivity contribution is 7.04. The van der Waals surface area contributed by atoms with E-state index in [0.717, 1.165) is 5.69 Å². The van der Waals surface area contributed by atoms with E-state index < -0.39 is 16.1 Å². The molecular weight excluding hydrogens is 671 g/mol. The third-order valence-electron chi connectivity index (χ3n) is 12.1. The summed E-state index contributed by atoms with van der Waals surface area (Å²) in [5.41, 5.74) is 14.1. The highest BCUT2D eigenvalue weighted by Crippen LogP contribution is 2.44. The largest absolute Gasteiger partial charge is 0.310 e. The van der Waals surface area contributed by atoms with E-state index in [0.29, 0.717) is 0 Å². The number of anilines is 3. The van der Waals surface area contributed by atoms with Crippen molar-refractivity contribution in [1.82, 2.24) is 0 Å². The Bertz CT molecular complexity index is 2740. The quantitative estimate of drug-likeness (QED) is 0.161. The number of rotatable bonds is 5. The molecule has 53 heavy (non-hydrogen) atoms. The standard InChI is InChI=1S/C50H41NSi2/c1-52(2)47-21-10-8-18-44(47)50-45(19-12-22-48(50)52)51(40-28-25-35(26-29-40)38-24-23-34-13-5-6-14-36(34)31-38)41-16-11-15-37(32-41)39-27-30-43-42-17-7-9-20-46(42)53(3,4)49(43)33-39/h5-33H,1-4H3. The van der Waals surface area contributed by atoms with Crippen molar-refractivity contribution in [2.75, 3.05) is 4.90 Å². The summed E-state index contributed by atoms with van der Waals surface area (Å²) in [5, 5.41) is 8.64. The molecule has 2 aliphatic rings. The number of hydrogen-bond donors (Lipinski definition) is 0. The van der Waals surface area contributed by atoms with Crippen LogP contribution in [-0.2, 0) is 0 Å². The van der Waals surface area contributed by atoms with Crippen LogP contribution >= 0.6 is 0 Å². The molecule has 0 aromatic heterocycles. The van der Waals surface area contributed by atoms with Crippen LogP contribution in [0.1, 0.15) is 0 Å². The number of nitrogens with zero attached hydrogens (tertiary/aromatic N) is 1. The zero-order valence-corrected chi connectivity index (χ0v) is 32.7. The zero-order valence-electron chi connectivity index (χ0n) is 30.7. The van der Waals surface area contributed by atoms with Gasteiger partial charge in [0, 0.05) is 16.9 Å². The molecule has 3 heteroatoms. The second kappa shape index (κ2) is 11.9. The minimum Gasteiger partial charge on any atom is -0.310 e. The summed E-state index contributed by atoms with van der Waals surface area (Å²) in [4.78, 5) is 2.50. The highest BCUT2D eigenvalue weighted by atomic mass is 28.3.